The molecule has 0 N–H and O–H groups in total. The zero-order chi connectivity index (χ0) is 19.4. The Morgan fingerprint density at radius 2 is 1.67 bits per heavy atom. The molecule has 140 valence electrons. The van der Waals surface area contributed by atoms with E-state index in [1.807, 2.05) is 12.1 Å². The molecule has 0 saturated carbocycles. The van der Waals surface area contributed by atoms with E-state index in [2.05, 4.69) is 14.7 Å². The summed E-state index contributed by atoms with van der Waals surface area (Å²) in [6, 6.07) is 12.4. The molecule has 0 aliphatic heterocycles. The van der Waals surface area contributed by atoms with E-state index in [1.165, 1.54) is 30.5 Å². The summed E-state index contributed by atoms with van der Waals surface area (Å²) >= 11 is 6.12. The first kappa shape index (κ1) is 18.8. The largest absolute Gasteiger partial charge is 0.573 e. The second-order valence-corrected chi connectivity index (χ2v) is 5.65. The van der Waals surface area contributed by atoms with Crippen LogP contribution in [0.2, 0.25) is 5.15 Å². The van der Waals surface area contributed by atoms with Crippen molar-refractivity contribution >= 4 is 23.5 Å². The quantitative estimate of drug-likeness (QED) is 0.559. The number of aliphatic imine (C=N–C) groups is 1. The van der Waals surface area contributed by atoms with Crippen LogP contribution in [0.3, 0.4) is 0 Å². The third-order valence-corrected chi connectivity index (χ3v) is 3.81. The van der Waals surface area contributed by atoms with E-state index in [0.29, 0.717) is 17.1 Å². The molecule has 5 nitrogen and oxygen atoms in total. The summed E-state index contributed by atoms with van der Waals surface area (Å²) < 4.78 is 47.2. The Balaban J connectivity index is 1.82. The smallest absolute Gasteiger partial charge is 0.497 e. The molecule has 0 fully saturated rings. The Labute approximate surface area is 157 Å². The van der Waals surface area contributed by atoms with E-state index in [0.717, 1.165) is 5.69 Å². The highest BCUT2D eigenvalue weighted by atomic mass is 35.5. The maximum atomic E-state index is 12.2. The molecule has 0 aliphatic rings. The molecule has 0 saturated heterocycles. The van der Waals surface area contributed by atoms with Crippen molar-refractivity contribution in [2.75, 3.05) is 7.11 Å². The van der Waals surface area contributed by atoms with Gasteiger partial charge >= 0.3 is 6.36 Å². The van der Waals surface area contributed by atoms with Crippen molar-refractivity contribution in [3.8, 4) is 17.2 Å². The molecule has 9 heteroatoms. The van der Waals surface area contributed by atoms with Gasteiger partial charge < -0.3 is 9.47 Å². The third-order valence-electron chi connectivity index (χ3n) is 3.51. The van der Waals surface area contributed by atoms with Crippen LogP contribution >= 0.6 is 11.6 Å². The number of nitrogens with zero attached hydrogens (tertiary/aromatic N) is 3. The van der Waals surface area contributed by atoms with Gasteiger partial charge in [-0.1, -0.05) is 11.6 Å². The van der Waals surface area contributed by atoms with E-state index >= 15 is 0 Å². The summed E-state index contributed by atoms with van der Waals surface area (Å²) in [5.41, 5.74) is 1.76. The highest BCUT2D eigenvalue weighted by Crippen LogP contribution is 2.25. The van der Waals surface area contributed by atoms with Crippen molar-refractivity contribution in [2.45, 2.75) is 6.36 Å². The van der Waals surface area contributed by atoms with Crippen LogP contribution in [-0.2, 0) is 0 Å². The lowest BCUT2D eigenvalue weighted by molar-refractivity contribution is -0.274. The van der Waals surface area contributed by atoms with Crippen LogP contribution in [-0.4, -0.2) is 29.2 Å². The molecule has 0 amide bonds. The van der Waals surface area contributed by atoms with Gasteiger partial charge in [0.2, 0.25) is 0 Å². The number of aromatic nitrogens is 2. The molecule has 0 atom stereocenters. The SMILES string of the molecule is COc1ccc(-n2cnc(Cl)c2C=Nc2ccc(OC(F)(F)F)cc2)cc1. The van der Waals surface area contributed by atoms with E-state index in [1.54, 1.807) is 30.1 Å². The average Bonchev–Trinajstić information content (AvgIpc) is 3.00. The lowest BCUT2D eigenvalue weighted by Crippen LogP contribution is -2.16. The zero-order valence-electron chi connectivity index (χ0n) is 13.9. The number of hydrogen-bond donors (Lipinski definition) is 0. The number of imidazole rings is 1. The minimum atomic E-state index is -4.73. The molecule has 0 spiro atoms. The van der Waals surface area contributed by atoms with Crippen LogP contribution in [0.5, 0.6) is 11.5 Å². The predicted molar refractivity (Wildman–Crippen MR) is 95.5 cm³/mol. The van der Waals surface area contributed by atoms with Gasteiger partial charge in [-0.25, -0.2) is 4.98 Å². The summed E-state index contributed by atoms with van der Waals surface area (Å²) in [5, 5.41) is 0.242. The molecule has 0 unspecified atom stereocenters. The van der Waals surface area contributed by atoms with Crippen LogP contribution in [0.15, 0.2) is 59.9 Å². The van der Waals surface area contributed by atoms with Crippen molar-refractivity contribution in [3.63, 3.8) is 0 Å². The highest BCUT2D eigenvalue weighted by molar-refractivity contribution is 6.31. The number of hydrogen-bond acceptors (Lipinski definition) is 4. The molecular weight excluding hydrogens is 383 g/mol. The molecule has 2 aromatic carbocycles. The normalized spacial score (nSPS) is 11.7. The molecule has 27 heavy (non-hydrogen) atoms. The summed E-state index contributed by atoms with van der Waals surface area (Å²) in [5.74, 6) is 0.393. The van der Waals surface area contributed by atoms with Gasteiger partial charge in [-0.3, -0.25) is 9.56 Å². The van der Waals surface area contributed by atoms with Gasteiger partial charge in [-0.05, 0) is 48.5 Å². The molecule has 0 aliphatic carbocycles. The summed E-state index contributed by atoms with van der Waals surface area (Å²) in [4.78, 5) is 8.30. The van der Waals surface area contributed by atoms with Crippen molar-refractivity contribution in [1.29, 1.82) is 0 Å². The van der Waals surface area contributed by atoms with E-state index in [4.69, 9.17) is 16.3 Å². The van der Waals surface area contributed by atoms with E-state index < -0.39 is 6.36 Å². The third kappa shape index (κ3) is 4.79. The summed E-state index contributed by atoms with van der Waals surface area (Å²) in [6.45, 7) is 0. The van der Waals surface area contributed by atoms with Crippen LogP contribution in [0.25, 0.3) is 5.69 Å². The van der Waals surface area contributed by atoms with Crippen molar-refractivity contribution in [3.05, 3.63) is 65.7 Å². The minimum absolute atomic E-state index is 0.242. The number of alkyl halides is 3. The zero-order valence-corrected chi connectivity index (χ0v) is 14.7. The second-order valence-electron chi connectivity index (χ2n) is 5.29. The van der Waals surface area contributed by atoms with Crippen molar-refractivity contribution in [1.82, 2.24) is 9.55 Å². The maximum absolute atomic E-state index is 12.2. The maximum Gasteiger partial charge on any atom is 0.573 e. The summed E-state index contributed by atoms with van der Waals surface area (Å²) in [6.07, 6.45) is -1.70. The Hall–Kier alpha value is -3.00. The van der Waals surface area contributed by atoms with Crippen LogP contribution in [0.1, 0.15) is 5.69 Å². The number of methoxy groups -OCH3 is 1. The first-order valence-corrected chi connectivity index (χ1v) is 8.00. The van der Waals surface area contributed by atoms with Gasteiger partial charge in [0.15, 0.2) is 5.15 Å². The van der Waals surface area contributed by atoms with Gasteiger partial charge in [0.05, 0.1) is 19.0 Å². The van der Waals surface area contributed by atoms with Crippen LogP contribution < -0.4 is 9.47 Å². The van der Waals surface area contributed by atoms with E-state index in [9.17, 15) is 13.2 Å². The Bertz CT molecular complexity index is 936. The molecule has 1 aromatic heterocycles. The van der Waals surface area contributed by atoms with Gasteiger partial charge in [0, 0.05) is 5.69 Å². The molecule has 1 heterocycles. The first-order chi connectivity index (χ1) is 12.9. The van der Waals surface area contributed by atoms with Gasteiger partial charge in [0.25, 0.3) is 0 Å². The fourth-order valence-electron chi connectivity index (χ4n) is 2.27. The predicted octanol–water partition coefficient (Wildman–Crippen LogP) is 5.18. The minimum Gasteiger partial charge on any atom is -0.497 e. The van der Waals surface area contributed by atoms with Crippen LogP contribution in [0, 0.1) is 0 Å². The van der Waals surface area contributed by atoms with Crippen molar-refractivity contribution < 1.29 is 22.6 Å². The lowest BCUT2D eigenvalue weighted by atomic mass is 10.3. The fourth-order valence-corrected chi connectivity index (χ4v) is 2.45. The summed E-state index contributed by atoms with van der Waals surface area (Å²) in [7, 11) is 1.58. The monoisotopic (exact) mass is 395 g/mol. The Morgan fingerprint density at radius 3 is 2.26 bits per heavy atom. The molecule has 3 rings (SSSR count). The number of rotatable bonds is 5. The van der Waals surface area contributed by atoms with Gasteiger partial charge in [-0.15, -0.1) is 13.2 Å². The fraction of sp³-hybridized carbons (Fsp3) is 0.111. The number of halogens is 4. The number of benzene rings is 2. The molecule has 0 bridgehead atoms. The Kier molecular flexibility index (Phi) is 5.36. The molecule has 3 aromatic rings. The topological polar surface area (TPSA) is 48.6 Å². The highest BCUT2D eigenvalue weighted by Gasteiger charge is 2.30. The van der Waals surface area contributed by atoms with Gasteiger partial charge in [-0.2, -0.15) is 0 Å². The second kappa shape index (κ2) is 7.71. The molecular formula is C18H13ClF3N3O2. The average molecular weight is 396 g/mol. The Morgan fingerprint density at radius 1 is 1.04 bits per heavy atom. The van der Waals surface area contributed by atoms with Crippen molar-refractivity contribution in [2.24, 2.45) is 4.99 Å². The van der Waals surface area contributed by atoms with Crippen LogP contribution in [0.4, 0.5) is 18.9 Å². The lowest BCUT2D eigenvalue weighted by Gasteiger charge is -2.08. The standard InChI is InChI=1S/C18H13ClF3N3O2/c1-26-14-8-4-13(5-9-14)25-11-24-17(19)16(25)10-23-12-2-6-15(7-3-12)27-18(20,21)22/h2-11H,1H3. The van der Waals surface area contributed by atoms with Gasteiger partial charge in [0.1, 0.15) is 23.5 Å². The first-order valence-electron chi connectivity index (χ1n) is 7.63. The molecule has 0 radical (unpaired) electrons. The number of ether oxygens (including phenoxy) is 2. The van der Waals surface area contributed by atoms with E-state index in [-0.39, 0.29) is 10.9 Å².